The molecule has 8 heteroatoms. The van der Waals surface area contributed by atoms with Gasteiger partial charge in [-0.2, -0.15) is 13.2 Å². The normalized spacial score (nSPS) is 11.6. The molecule has 0 saturated carbocycles. The molecule has 0 aliphatic rings. The van der Waals surface area contributed by atoms with Crippen molar-refractivity contribution in [3.8, 4) is 0 Å². The first-order valence-corrected chi connectivity index (χ1v) is 6.61. The highest BCUT2D eigenvalue weighted by Crippen LogP contribution is 2.32. The molecule has 0 unspecified atom stereocenters. The molecule has 1 aromatic heterocycles. The van der Waals surface area contributed by atoms with E-state index >= 15 is 0 Å². The van der Waals surface area contributed by atoms with Crippen molar-refractivity contribution >= 4 is 33.5 Å². The summed E-state index contributed by atoms with van der Waals surface area (Å²) in [5.41, 5.74) is 5.36. The molecule has 0 bridgehead atoms. The molecule has 100 valence electrons. The van der Waals surface area contributed by atoms with E-state index in [2.05, 4.69) is 25.9 Å². The van der Waals surface area contributed by atoms with Crippen LogP contribution < -0.4 is 5.73 Å². The summed E-state index contributed by atoms with van der Waals surface area (Å²) in [4.78, 5) is 7.40. The number of nitrogens with zero attached hydrogens (tertiary/aromatic N) is 2. The van der Waals surface area contributed by atoms with Crippen LogP contribution in [0.2, 0.25) is 0 Å². The van der Waals surface area contributed by atoms with Gasteiger partial charge in [-0.25, -0.2) is 9.97 Å². The van der Waals surface area contributed by atoms with Crippen LogP contribution in [0.1, 0.15) is 5.82 Å². The van der Waals surface area contributed by atoms with Crippen molar-refractivity contribution in [2.45, 2.75) is 16.1 Å². The van der Waals surface area contributed by atoms with E-state index in [1.165, 1.54) is 6.07 Å². The van der Waals surface area contributed by atoms with Gasteiger partial charge in [-0.05, 0) is 24.3 Å². The van der Waals surface area contributed by atoms with E-state index in [1.54, 1.807) is 24.3 Å². The van der Waals surface area contributed by atoms with Crippen LogP contribution in [0.3, 0.4) is 0 Å². The number of hydrogen-bond donors (Lipinski definition) is 1. The quantitative estimate of drug-likeness (QED) is 0.832. The largest absolute Gasteiger partial charge is 0.451 e. The average molecular weight is 350 g/mol. The van der Waals surface area contributed by atoms with Crippen LogP contribution in [0.25, 0.3) is 0 Å². The van der Waals surface area contributed by atoms with Crippen LogP contribution in [0, 0.1) is 0 Å². The van der Waals surface area contributed by atoms with Crippen molar-refractivity contribution in [3.05, 3.63) is 40.6 Å². The molecule has 1 heterocycles. The summed E-state index contributed by atoms with van der Waals surface area (Å²) in [6, 6.07) is 8.41. The Morgan fingerprint density at radius 2 is 1.74 bits per heavy atom. The highest BCUT2D eigenvalue weighted by atomic mass is 79.9. The van der Waals surface area contributed by atoms with Crippen LogP contribution in [0.4, 0.5) is 19.0 Å². The van der Waals surface area contributed by atoms with Crippen LogP contribution in [0.15, 0.2) is 44.7 Å². The van der Waals surface area contributed by atoms with Crippen LogP contribution in [-0.2, 0) is 6.18 Å². The molecule has 3 nitrogen and oxygen atoms in total. The van der Waals surface area contributed by atoms with Crippen LogP contribution in [0.5, 0.6) is 0 Å². The molecule has 0 amide bonds. The van der Waals surface area contributed by atoms with Gasteiger partial charge in [-0.1, -0.05) is 27.7 Å². The summed E-state index contributed by atoms with van der Waals surface area (Å²) in [6.07, 6.45) is -4.61. The van der Waals surface area contributed by atoms with E-state index in [-0.39, 0.29) is 10.8 Å². The molecule has 0 spiro atoms. The third-order valence-corrected chi connectivity index (χ3v) is 3.47. The van der Waals surface area contributed by atoms with Gasteiger partial charge < -0.3 is 5.73 Å². The van der Waals surface area contributed by atoms with Crippen molar-refractivity contribution in [2.75, 3.05) is 5.73 Å². The second kappa shape index (κ2) is 5.38. The maximum Gasteiger partial charge on any atom is 0.451 e. The Labute approximate surface area is 119 Å². The Kier molecular flexibility index (Phi) is 4.00. The second-order valence-electron chi connectivity index (χ2n) is 3.51. The van der Waals surface area contributed by atoms with Gasteiger partial charge in [0.2, 0.25) is 5.82 Å². The van der Waals surface area contributed by atoms with Gasteiger partial charge in [0, 0.05) is 15.4 Å². The van der Waals surface area contributed by atoms with Crippen molar-refractivity contribution in [1.29, 1.82) is 0 Å². The minimum absolute atomic E-state index is 0.155. The van der Waals surface area contributed by atoms with Gasteiger partial charge in [0.1, 0.15) is 10.8 Å². The molecule has 2 aromatic rings. The molecule has 19 heavy (non-hydrogen) atoms. The lowest BCUT2D eigenvalue weighted by molar-refractivity contribution is -0.145. The summed E-state index contributed by atoms with van der Waals surface area (Å²) in [5.74, 6) is -1.44. The van der Waals surface area contributed by atoms with Crippen LogP contribution >= 0.6 is 27.7 Å². The molecule has 2 N–H and O–H groups in total. The van der Waals surface area contributed by atoms with Gasteiger partial charge in [0.15, 0.2) is 0 Å². The highest BCUT2D eigenvalue weighted by Gasteiger charge is 2.35. The molecule has 0 radical (unpaired) electrons. The lowest BCUT2D eigenvalue weighted by Crippen LogP contribution is -2.12. The van der Waals surface area contributed by atoms with E-state index < -0.39 is 12.0 Å². The molecule has 0 atom stereocenters. The number of nitrogens with two attached hydrogens (primary N) is 1. The fourth-order valence-electron chi connectivity index (χ4n) is 1.25. The first-order valence-electron chi connectivity index (χ1n) is 5.00. The third-order valence-electron chi connectivity index (χ3n) is 2.01. The van der Waals surface area contributed by atoms with Crippen molar-refractivity contribution in [3.63, 3.8) is 0 Å². The molecule has 2 rings (SSSR count). The number of hydrogen-bond acceptors (Lipinski definition) is 4. The molecule has 1 aromatic carbocycles. The third kappa shape index (κ3) is 3.84. The fourth-order valence-corrected chi connectivity index (χ4v) is 2.33. The molecular weight excluding hydrogens is 343 g/mol. The molecule has 0 fully saturated rings. The van der Waals surface area contributed by atoms with Crippen molar-refractivity contribution in [2.24, 2.45) is 0 Å². The van der Waals surface area contributed by atoms with Crippen molar-refractivity contribution < 1.29 is 13.2 Å². The highest BCUT2D eigenvalue weighted by molar-refractivity contribution is 9.10. The monoisotopic (exact) mass is 349 g/mol. The van der Waals surface area contributed by atoms with Gasteiger partial charge in [-0.3, -0.25) is 0 Å². The molecule has 0 aliphatic carbocycles. The number of alkyl halides is 3. The van der Waals surface area contributed by atoms with Gasteiger partial charge in [0.25, 0.3) is 0 Å². The Bertz CT molecular complexity index is 587. The number of nitrogen functional groups attached to an aromatic ring is 1. The van der Waals surface area contributed by atoms with Crippen LogP contribution in [-0.4, -0.2) is 9.97 Å². The Balaban J connectivity index is 2.30. The molecule has 0 saturated heterocycles. The summed E-state index contributed by atoms with van der Waals surface area (Å²) in [5, 5.41) is 0.155. The maximum atomic E-state index is 12.5. The van der Waals surface area contributed by atoms with Gasteiger partial charge in [0.05, 0.1) is 0 Å². The first-order chi connectivity index (χ1) is 8.84. The number of rotatable bonds is 2. The van der Waals surface area contributed by atoms with Gasteiger partial charge in [-0.15, -0.1) is 0 Å². The predicted molar refractivity (Wildman–Crippen MR) is 69.7 cm³/mol. The minimum Gasteiger partial charge on any atom is -0.384 e. The van der Waals surface area contributed by atoms with E-state index in [1.807, 2.05) is 0 Å². The zero-order chi connectivity index (χ0) is 14.0. The number of anilines is 1. The summed E-state index contributed by atoms with van der Waals surface area (Å²) >= 11 is 4.37. The number of benzene rings is 1. The standard InChI is InChI=1S/C11H7BrF3N3S/c12-6-1-3-7(4-2-6)19-9-5-8(16)17-10(18-9)11(13,14)15/h1-5H,(H2,16,17,18). The van der Waals surface area contributed by atoms with E-state index in [9.17, 15) is 13.2 Å². The number of aromatic nitrogens is 2. The smallest absolute Gasteiger partial charge is 0.384 e. The van der Waals surface area contributed by atoms with Crippen molar-refractivity contribution in [1.82, 2.24) is 9.97 Å². The molecule has 0 aliphatic heterocycles. The SMILES string of the molecule is Nc1cc(Sc2ccc(Br)cc2)nc(C(F)(F)F)n1. The minimum atomic E-state index is -4.61. The zero-order valence-electron chi connectivity index (χ0n) is 9.28. The number of halogens is 4. The zero-order valence-corrected chi connectivity index (χ0v) is 11.7. The predicted octanol–water partition coefficient (Wildman–Crippen LogP) is 3.99. The molecular formula is C11H7BrF3N3S. The Morgan fingerprint density at radius 1 is 1.11 bits per heavy atom. The van der Waals surface area contributed by atoms with E-state index in [4.69, 9.17) is 5.73 Å². The fraction of sp³-hybridized carbons (Fsp3) is 0.0909. The lowest BCUT2D eigenvalue weighted by Gasteiger charge is -2.08. The Morgan fingerprint density at radius 3 is 2.32 bits per heavy atom. The van der Waals surface area contributed by atoms with Gasteiger partial charge >= 0.3 is 6.18 Å². The summed E-state index contributed by atoms with van der Waals surface area (Å²) < 4.78 is 38.5. The summed E-state index contributed by atoms with van der Waals surface area (Å²) in [6.45, 7) is 0. The summed E-state index contributed by atoms with van der Waals surface area (Å²) in [7, 11) is 0. The maximum absolute atomic E-state index is 12.5. The lowest BCUT2D eigenvalue weighted by atomic mass is 10.4. The van der Waals surface area contributed by atoms with E-state index in [0.717, 1.165) is 21.1 Å². The first kappa shape index (κ1) is 14.1. The Hall–Kier alpha value is -1.28. The van der Waals surface area contributed by atoms with E-state index in [0.29, 0.717) is 0 Å². The second-order valence-corrected chi connectivity index (χ2v) is 5.52. The average Bonchev–Trinajstić information content (AvgIpc) is 2.30. The topological polar surface area (TPSA) is 51.8 Å².